The van der Waals surface area contributed by atoms with E-state index in [1.54, 1.807) is 18.7 Å². The number of aromatic nitrogens is 2. The van der Waals surface area contributed by atoms with Gasteiger partial charge in [-0.15, -0.1) is 0 Å². The molecule has 0 unspecified atom stereocenters. The van der Waals surface area contributed by atoms with E-state index in [4.69, 9.17) is 4.52 Å². The van der Waals surface area contributed by atoms with Crippen LogP contribution in [0, 0.1) is 20.8 Å². The summed E-state index contributed by atoms with van der Waals surface area (Å²) < 4.78 is 43.4. The third-order valence-electron chi connectivity index (χ3n) is 5.22. The molecule has 1 saturated heterocycles. The Morgan fingerprint density at radius 1 is 1.13 bits per heavy atom. The van der Waals surface area contributed by atoms with Crippen molar-refractivity contribution in [3.63, 3.8) is 0 Å². The highest BCUT2D eigenvalue weighted by atomic mass is 19.4. The molecule has 0 spiro atoms. The molecule has 7 nitrogen and oxygen atoms in total. The smallest absolute Gasteiger partial charge is 0.361 e. The maximum absolute atomic E-state index is 12.8. The van der Waals surface area contributed by atoms with E-state index in [-0.39, 0.29) is 23.2 Å². The summed E-state index contributed by atoms with van der Waals surface area (Å²) in [6, 6.07) is 1.76. The van der Waals surface area contributed by atoms with Gasteiger partial charge in [0.2, 0.25) is 0 Å². The van der Waals surface area contributed by atoms with Crippen LogP contribution in [-0.2, 0) is 6.18 Å². The second kappa shape index (κ2) is 8.45. The zero-order valence-corrected chi connectivity index (χ0v) is 17.0. The molecule has 0 radical (unpaired) electrons. The molecule has 0 saturated carbocycles. The van der Waals surface area contributed by atoms with Gasteiger partial charge in [0.15, 0.2) is 0 Å². The predicted molar refractivity (Wildman–Crippen MR) is 101 cm³/mol. The molecular formula is C20H23F3N4O3. The SMILES string of the molecule is Cc1nc(C(F)(F)F)ccc1C(=O)N[C@H]1CCCN(C(=O)c2c(C)noc2C)CC1. The van der Waals surface area contributed by atoms with E-state index < -0.39 is 17.8 Å². The number of carbonyl (C=O) groups is 2. The number of rotatable bonds is 3. The highest BCUT2D eigenvalue weighted by Gasteiger charge is 2.33. The van der Waals surface area contributed by atoms with Gasteiger partial charge in [-0.1, -0.05) is 5.16 Å². The van der Waals surface area contributed by atoms with E-state index in [2.05, 4.69) is 15.5 Å². The molecule has 0 aromatic carbocycles. The van der Waals surface area contributed by atoms with Crippen molar-refractivity contribution in [2.24, 2.45) is 0 Å². The molecule has 1 N–H and O–H groups in total. The van der Waals surface area contributed by atoms with Crippen molar-refractivity contribution >= 4 is 11.8 Å². The molecule has 1 atom stereocenters. The Morgan fingerprint density at radius 2 is 1.87 bits per heavy atom. The average Bonchev–Trinajstić information content (AvgIpc) is 2.86. The van der Waals surface area contributed by atoms with Gasteiger partial charge in [0.25, 0.3) is 11.8 Å². The number of hydrogen-bond donors (Lipinski definition) is 1. The molecule has 2 aromatic heterocycles. The first-order valence-corrected chi connectivity index (χ1v) is 9.65. The fourth-order valence-electron chi connectivity index (χ4n) is 3.61. The fourth-order valence-corrected chi connectivity index (χ4v) is 3.61. The van der Waals surface area contributed by atoms with Gasteiger partial charge in [0.1, 0.15) is 17.0 Å². The van der Waals surface area contributed by atoms with Gasteiger partial charge in [-0.3, -0.25) is 9.59 Å². The number of pyridine rings is 1. The molecule has 1 aliphatic rings. The zero-order valence-electron chi connectivity index (χ0n) is 17.0. The summed E-state index contributed by atoms with van der Waals surface area (Å²) in [6.45, 7) is 5.76. The first-order chi connectivity index (χ1) is 14.1. The van der Waals surface area contributed by atoms with Crippen molar-refractivity contribution in [3.8, 4) is 0 Å². The number of hydrogen-bond acceptors (Lipinski definition) is 5. The van der Waals surface area contributed by atoms with Crippen molar-refractivity contribution in [2.75, 3.05) is 13.1 Å². The quantitative estimate of drug-likeness (QED) is 0.816. The summed E-state index contributed by atoms with van der Waals surface area (Å²) in [5.74, 6) is -0.151. The maximum atomic E-state index is 12.8. The fraction of sp³-hybridized carbons (Fsp3) is 0.500. The van der Waals surface area contributed by atoms with Crippen LogP contribution in [-0.4, -0.2) is 46.0 Å². The first-order valence-electron chi connectivity index (χ1n) is 9.65. The molecule has 0 bridgehead atoms. The lowest BCUT2D eigenvalue weighted by atomic mass is 10.1. The van der Waals surface area contributed by atoms with Gasteiger partial charge in [-0.05, 0) is 52.2 Å². The van der Waals surface area contributed by atoms with Crippen LogP contribution in [0.25, 0.3) is 0 Å². The van der Waals surface area contributed by atoms with Crippen molar-refractivity contribution in [2.45, 2.75) is 52.3 Å². The lowest BCUT2D eigenvalue weighted by Crippen LogP contribution is -2.37. The number of halogens is 3. The highest BCUT2D eigenvalue weighted by Crippen LogP contribution is 2.28. The highest BCUT2D eigenvalue weighted by molar-refractivity contribution is 5.96. The van der Waals surface area contributed by atoms with E-state index in [0.29, 0.717) is 49.4 Å². The van der Waals surface area contributed by atoms with Crippen LogP contribution < -0.4 is 5.32 Å². The number of likely N-dealkylation sites (tertiary alicyclic amines) is 1. The van der Waals surface area contributed by atoms with Crippen molar-refractivity contribution in [1.82, 2.24) is 20.4 Å². The first kappa shape index (κ1) is 21.8. The number of carbonyl (C=O) groups excluding carboxylic acids is 2. The molecule has 0 aliphatic carbocycles. The van der Waals surface area contributed by atoms with Gasteiger partial charge < -0.3 is 14.7 Å². The summed E-state index contributed by atoms with van der Waals surface area (Å²) in [6.07, 6.45) is -2.68. The van der Waals surface area contributed by atoms with Crippen molar-refractivity contribution in [3.05, 3.63) is 46.1 Å². The summed E-state index contributed by atoms with van der Waals surface area (Å²) in [7, 11) is 0. The molecule has 30 heavy (non-hydrogen) atoms. The number of alkyl halides is 3. The van der Waals surface area contributed by atoms with Crippen LogP contribution in [0.5, 0.6) is 0 Å². The lowest BCUT2D eigenvalue weighted by molar-refractivity contribution is -0.141. The van der Waals surface area contributed by atoms with Gasteiger partial charge in [-0.2, -0.15) is 13.2 Å². The number of nitrogens with zero attached hydrogens (tertiary/aromatic N) is 3. The van der Waals surface area contributed by atoms with Crippen LogP contribution in [0.15, 0.2) is 16.7 Å². The molecule has 3 heterocycles. The Balaban J connectivity index is 1.64. The molecule has 3 rings (SSSR count). The van der Waals surface area contributed by atoms with Crippen molar-refractivity contribution in [1.29, 1.82) is 0 Å². The molecule has 1 aliphatic heterocycles. The second-order valence-electron chi connectivity index (χ2n) is 7.42. The van der Waals surface area contributed by atoms with Gasteiger partial charge in [-0.25, -0.2) is 4.98 Å². The van der Waals surface area contributed by atoms with Gasteiger partial charge >= 0.3 is 6.18 Å². The standard InChI is InChI=1S/C20H23F3N4O3/c1-11-15(6-7-16(24-11)20(21,22)23)18(28)25-14-5-4-9-27(10-8-14)19(29)17-12(2)26-30-13(17)3/h6-7,14H,4-5,8-10H2,1-3H3,(H,25,28)/t14-/m0/s1. The minimum atomic E-state index is -4.56. The average molecular weight is 424 g/mol. The molecule has 162 valence electrons. The van der Waals surface area contributed by atoms with Crippen LogP contribution in [0.4, 0.5) is 13.2 Å². The maximum Gasteiger partial charge on any atom is 0.433 e. The lowest BCUT2D eigenvalue weighted by Gasteiger charge is -2.21. The largest absolute Gasteiger partial charge is 0.433 e. The molecule has 2 aromatic rings. The van der Waals surface area contributed by atoms with Gasteiger partial charge in [0, 0.05) is 19.1 Å². The Morgan fingerprint density at radius 3 is 2.47 bits per heavy atom. The molecule has 1 fully saturated rings. The number of nitrogens with one attached hydrogen (secondary N) is 1. The van der Waals surface area contributed by atoms with Crippen molar-refractivity contribution < 1.29 is 27.3 Å². The predicted octanol–water partition coefficient (Wildman–Crippen LogP) is 3.44. The molecule has 2 amide bonds. The van der Waals surface area contributed by atoms with Crippen LogP contribution in [0.1, 0.15) is 62.8 Å². The van der Waals surface area contributed by atoms with E-state index in [0.717, 1.165) is 12.1 Å². The Hall–Kier alpha value is -2.91. The minimum Gasteiger partial charge on any atom is -0.361 e. The summed E-state index contributed by atoms with van der Waals surface area (Å²) in [5.41, 5.74) is 0.0994. The third-order valence-corrected chi connectivity index (χ3v) is 5.22. The van der Waals surface area contributed by atoms with E-state index in [1.165, 1.54) is 6.92 Å². The third kappa shape index (κ3) is 4.63. The van der Waals surface area contributed by atoms with Crippen LogP contribution in [0.2, 0.25) is 0 Å². The summed E-state index contributed by atoms with van der Waals surface area (Å²) in [5, 5.41) is 6.68. The summed E-state index contributed by atoms with van der Waals surface area (Å²) >= 11 is 0. The van der Waals surface area contributed by atoms with E-state index in [1.807, 2.05) is 0 Å². The van der Waals surface area contributed by atoms with Crippen LogP contribution >= 0.6 is 0 Å². The molecular weight excluding hydrogens is 401 g/mol. The Labute approximate surface area is 171 Å². The summed E-state index contributed by atoms with van der Waals surface area (Å²) in [4.78, 5) is 30.6. The number of amides is 2. The van der Waals surface area contributed by atoms with E-state index in [9.17, 15) is 22.8 Å². The Bertz CT molecular complexity index is 936. The van der Waals surface area contributed by atoms with Gasteiger partial charge in [0.05, 0.1) is 17.0 Å². The normalized spacial score (nSPS) is 17.5. The second-order valence-corrected chi connectivity index (χ2v) is 7.42. The minimum absolute atomic E-state index is 0.0196. The zero-order chi connectivity index (χ0) is 22.1. The van der Waals surface area contributed by atoms with E-state index >= 15 is 0 Å². The molecule has 10 heteroatoms. The Kier molecular flexibility index (Phi) is 6.14. The number of aryl methyl sites for hydroxylation is 3. The topological polar surface area (TPSA) is 88.3 Å². The van der Waals surface area contributed by atoms with Crippen LogP contribution in [0.3, 0.4) is 0 Å². The monoisotopic (exact) mass is 424 g/mol.